The maximum absolute atomic E-state index is 13.3. The van der Waals surface area contributed by atoms with Crippen LogP contribution in [0.4, 0.5) is 0 Å². The zero-order valence-electron chi connectivity index (χ0n) is 18.9. The molecule has 0 aliphatic heterocycles. The maximum Gasteiger partial charge on any atom is 0.206 e. The van der Waals surface area contributed by atoms with Gasteiger partial charge in [-0.2, -0.15) is 5.10 Å². The van der Waals surface area contributed by atoms with Crippen molar-refractivity contribution >= 4 is 70.1 Å². The summed E-state index contributed by atoms with van der Waals surface area (Å²) in [4.78, 5) is 26.6. The van der Waals surface area contributed by atoms with E-state index in [1.165, 1.54) is 12.2 Å². The molecular formula is C28H18Cl4N2O2. The second-order valence-corrected chi connectivity index (χ2v) is 9.47. The van der Waals surface area contributed by atoms with E-state index in [-0.39, 0.29) is 17.0 Å². The number of ketones is 2. The van der Waals surface area contributed by atoms with Crippen LogP contribution in [-0.2, 0) is 0 Å². The maximum atomic E-state index is 13.3. The van der Waals surface area contributed by atoms with Crippen molar-refractivity contribution in [3.63, 3.8) is 0 Å². The molecule has 0 aliphatic rings. The number of rotatable bonds is 7. The summed E-state index contributed by atoms with van der Waals surface area (Å²) in [5.41, 5.74) is 2.69. The molecule has 8 heteroatoms. The lowest BCUT2D eigenvalue weighted by molar-refractivity contribution is 0.101. The number of hydrogen-bond acceptors (Lipinski definition) is 3. The van der Waals surface area contributed by atoms with Gasteiger partial charge in [-0.3, -0.25) is 9.59 Å². The van der Waals surface area contributed by atoms with Crippen LogP contribution in [0, 0.1) is 6.92 Å². The molecular weight excluding hydrogens is 538 g/mol. The van der Waals surface area contributed by atoms with Gasteiger partial charge < -0.3 is 0 Å². The molecule has 0 spiro atoms. The van der Waals surface area contributed by atoms with Gasteiger partial charge in [-0.1, -0.05) is 76.7 Å². The van der Waals surface area contributed by atoms with Gasteiger partial charge in [-0.25, -0.2) is 4.68 Å². The first kappa shape index (κ1) is 25.9. The molecule has 1 heterocycles. The quantitative estimate of drug-likeness (QED) is 0.169. The van der Waals surface area contributed by atoms with Gasteiger partial charge in [0.05, 0.1) is 16.9 Å². The van der Waals surface area contributed by atoms with Crippen LogP contribution in [0.5, 0.6) is 0 Å². The Morgan fingerprint density at radius 3 is 1.81 bits per heavy atom. The summed E-state index contributed by atoms with van der Waals surface area (Å²) in [6, 6.07) is 19.2. The highest BCUT2D eigenvalue weighted by Crippen LogP contribution is 2.25. The molecule has 180 valence electrons. The number of aromatic nitrogens is 2. The number of allylic oxidation sites excluding steroid dienone is 2. The predicted molar refractivity (Wildman–Crippen MR) is 148 cm³/mol. The number of halogens is 4. The van der Waals surface area contributed by atoms with Gasteiger partial charge in [0.25, 0.3) is 0 Å². The van der Waals surface area contributed by atoms with E-state index < -0.39 is 5.78 Å². The van der Waals surface area contributed by atoms with Crippen molar-refractivity contribution in [1.82, 2.24) is 9.78 Å². The van der Waals surface area contributed by atoms with E-state index in [0.29, 0.717) is 36.9 Å². The highest BCUT2D eigenvalue weighted by Gasteiger charge is 2.24. The van der Waals surface area contributed by atoms with Crippen molar-refractivity contribution < 1.29 is 9.59 Å². The number of carbonyl (C=O) groups is 2. The van der Waals surface area contributed by atoms with E-state index in [0.717, 1.165) is 5.69 Å². The summed E-state index contributed by atoms with van der Waals surface area (Å²) in [6.45, 7) is 1.74. The van der Waals surface area contributed by atoms with Crippen LogP contribution < -0.4 is 0 Å². The van der Waals surface area contributed by atoms with Crippen molar-refractivity contribution in [2.24, 2.45) is 0 Å². The highest BCUT2D eigenvalue weighted by atomic mass is 35.5. The van der Waals surface area contributed by atoms with Gasteiger partial charge in [0.1, 0.15) is 5.69 Å². The minimum absolute atomic E-state index is 0.0227. The highest BCUT2D eigenvalue weighted by molar-refractivity contribution is 6.36. The van der Waals surface area contributed by atoms with Crippen molar-refractivity contribution in [3.05, 3.63) is 127 Å². The van der Waals surface area contributed by atoms with Crippen LogP contribution in [0.25, 0.3) is 17.8 Å². The monoisotopic (exact) mass is 554 g/mol. The topological polar surface area (TPSA) is 52.0 Å². The van der Waals surface area contributed by atoms with Crippen LogP contribution in [0.1, 0.15) is 37.7 Å². The molecule has 0 amide bonds. The third-order valence-corrected chi connectivity index (χ3v) is 6.48. The van der Waals surface area contributed by atoms with Crippen LogP contribution in [0.15, 0.2) is 78.9 Å². The fourth-order valence-electron chi connectivity index (χ4n) is 3.56. The zero-order chi connectivity index (χ0) is 25.8. The molecule has 0 fully saturated rings. The van der Waals surface area contributed by atoms with Crippen molar-refractivity contribution in [3.8, 4) is 5.69 Å². The molecule has 36 heavy (non-hydrogen) atoms. The minimum atomic E-state index is -0.444. The molecule has 4 aromatic rings. The Labute approximate surface area is 228 Å². The van der Waals surface area contributed by atoms with Gasteiger partial charge in [0, 0.05) is 20.1 Å². The number of hydrogen-bond donors (Lipinski definition) is 0. The fourth-order valence-corrected chi connectivity index (χ4v) is 4.50. The smallest absolute Gasteiger partial charge is 0.206 e. The molecule has 0 saturated heterocycles. The first-order valence-electron chi connectivity index (χ1n) is 10.7. The van der Waals surface area contributed by atoms with Crippen LogP contribution in [0.2, 0.25) is 20.1 Å². The molecule has 0 atom stereocenters. The van der Waals surface area contributed by atoms with E-state index in [4.69, 9.17) is 46.4 Å². The van der Waals surface area contributed by atoms with Gasteiger partial charge in [-0.05, 0) is 78.8 Å². The Hall–Kier alpha value is -3.15. The molecule has 0 N–H and O–H groups in total. The lowest BCUT2D eigenvalue weighted by atomic mass is 10.0. The molecule has 0 radical (unpaired) electrons. The summed E-state index contributed by atoms with van der Waals surface area (Å²) in [5, 5.41) is 6.28. The van der Waals surface area contributed by atoms with Crippen LogP contribution in [0.3, 0.4) is 0 Å². The average molecular weight is 556 g/mol. The molecule has 4 nitrogen and oxygen atoms in total. The second-order valence-electron chi connectivity index (χ2n) is 7.78. The van der Waals surface area contributed by atoms with E-state index in [1.54, 1.807) is 60.2 Å². The third-order valence-electron chi connectivity index (χ3n) is 5.35. The molecule has 0 bridgehead atoms. The third kappa shape index (κ3) is 5.80. The van der Waals surface area contributed by atoms with E-state index >= 15 is 0 Å². The number of benzene rings is 3. The Balaban J connectivity index is 1.74. The summed E-state index contributed by atoms with van der Waals surface area (Å²) >= 11 is 24.4. The average Bonchev–Trinajstić information content (AvgIpc) is 3.20. The number of para-hydroxylation sites is 1. The summed E-state index contributed by atoms with van der Waals surface area (Å²) < 4.78 is 1.58. The number of nitrogens with zero attached hydrogens (tertiary/aromatic N) is 2. The molecule has 0 aliphatic carbocycles. The van der Waals surface area contributed by atoms with E-state index in [9.17, 15) is 9.59 Å². The van der Waals surface area contributed by atoms with Crippen molar-refractivity contribution in [2.45, 2.75) is 6.92 Å². The van der Waals surface area contributed by atoms with Gasteiger partial charge in [0.2, 0.25) is 5.78 Å². The Kier molecular flexibility index (Phi) is 8.12. The molecule has 0 saturated carbocycles. The molecule has 0 unspecified atom stereocenters. The van der Waals surface area contributed by atoms with Crippen LogP contribution >= 0.6 is 46.4 Å². The van der Waals surface area contributed by atoms with E-state index in [2.05, 4.69) is 5.10 Å². The first-order valence-corrected chi connectivity index (χ1v) is 12.3. The van der Waals surface area contributed by atoms with Gasteiger partial charge in [0.15, 0.2) is 5.78 Å². The Bertz CT molecular complexity index is 1520. The number of carbonyl (C=O) groups excluding carboxylic acids is 2. The predicted octanol–water partition coefficient (Wildman–Crippen LogP) is 8.59. The van der Waals surface area contributed by atoms with E-state index in [1.807, 2.05) is 30.3 Å². The largest absolute Gasteiger partial charge is 0.289 e. The second kappa shape index (κ2) is 11.3. The zero-order valence-corrected chi connectivity index (χ0v) is 21.9. The SMILES string of the molecule is Cc1c(C(=O)/C=C/c2ccc(Cl)cc2Cl)c(C(=O)/C=C/c2ccc(Cl)cc2Cl)nn1-c1ccccc1. The normalized spacial score (nSPS) is 11.5. The lowest BCUT2D eigenvalue weighted by Crippen LogP contribution is -2.05. The summed E-state index contributed by atoms with van der Waals surface area (Å²) in [7, 11) is 0. The molecule has 3 aromatic carbocycles. The van der Waals surface area contributed by atoms with Gasteiger partial charge in [-0.15, -0.1) is 0 Å². The molecule has 4 rings (SSSR count). The Morgan fingerprint density at radius 1 is 0.750 bits per heavy atom. The Morgan fingerprint density at radius 2 is 1.28 bits per heavy atom. The lowest BCUT2D eigenvalue weighted by Gasteiger charge is -2.04. The van der Waals surface area contributed by atoms with Crippen molar-refractivity contribution in [1.29, 1.82) is 0 Å². The summed E-state index contributed by atoms with van der Waals surface area (Å²) in [5.74, 6) is -0.831. The fraction of sp³-hybridized carbons (Fsp3) is 0.0357. The van der Waals surface area contributed by atoms with Gasteiger partial charge >= 0.3 is 0 Å². The van der Waals surface area contributed by atoms with Crippen molar-refractivity contribution in [2.75, 3.05) is 0 Å². The van der Waals surface area contributed by atoms with Crippen LogP contribution in [-0.4, -0.2) is 21.3 Å². The first-order chi connectivity index (χ1) is 17.2. The molecule has 1 aromatic heterocycles. The standard InChI is InChI=1S/C28H18Cl4N2O2/c1-17-27(25(35)13-9-18-7-11-20(29)15-23(18)31)28(33-34(17)22-5-3-2-4-6-22)26(36)14-10-19-8-12-21(30)16-24(19)32/h2-16H,1H3/b13-9+,14-10+. The summed E-state index contributed by atoms with van der Waals surface area (Å²) in [6.07, 6.45) is 5.85. The minimum Gasteiger partial charge on any atom is -0.289 e.